The number of carbonyl (C=O) groups is 2. The summed E-state index contributed by atoms with van der Waals surface area (Å²) in [5.41, 5.74) is 11.6. The smallest absolute Gasteiger partial charge is 0.330 e. The summed E-state index contributed by atoms with van der Waals surface area (Å²) < 4.78 is 0. The molecule has 6 nitrogen and oxygen atoms in total. The minimum Gasteiger partial charge on any atom is -0.508 e. The number of phenols is 1. The number of fused-ring (bicyclic) bond motifs is 1. The highest BCUT2D eigenvalue weighted by molar-refractivity contribution is 5.87. The van der Waals surface area contributed by atoms with Crippen molar-refractivity contribution in [1.29, 1.82) is 0 Å². The second kappa shape index (κ2) is 5.88. The Kier molecular flexibility index (Phi) is 3.89. The summed E-state index contributed by atoms with van der Waals surface area (Å²) in [4.78, 5) is 23.7. The maximum atomic E-state index is 12.8. The van der Waals surface area contributed by atoms with Gasteiger partial charge in [0.15, 0.2) is 0 Å². The number of phenolic OH excluding ortho intramolecular Hbond substituents is 1. The van der Waals surface area contributed by atoms with Crippen LogP contribution in [-0.2, 0) is 11.2 Å². The Labute approximate surface area is 139 Å². The number of nitrogens with one attached hydrogen (secondary N) is 2. The molecule has 1 aliphatic carbocycles. The predicted molar refractivity (Wildman–Crippen MR) is 89.1 cm³/mol. The van der Waals surface area contributed by atoms with Gasteiger partial charge in [-0.3, -0.25) is 10.2 Å². The van der Waals surface area contributed by atoms with Gasteiger partial charge in [-0.25, -0.2) is 10.2 Å². The third-order valence-corrected chi connectivity index (χ3v) is 4.59. The highest BCUT2D eigenvalue weighted by Gasteiger charge is 2.48. The Bertz CT molecular complexity index is 791. The van der Waals surface area contributed by atoms with Crippen molar-refractivity contribution < 1.29 is 14.7 Å². The first-order valence-electron chi connectivity index (χ1n) is 7.64. The lowest BCUT2D eigenvalue weighted by Crippen LogP contribution is -2.51. The molecule has 0 spiro atoms. The van der Waals surface area contributed by atoms with Crippen LogP contribution in [0.15, 0.2) is 48.5 Å². The Balaban J connectivity index is 2.05. The largest absolute Gasteiger partial charge is 0.508 e. The number of amides is 3. The summed E-state index contributed by atoms with van der Waals surface area (Å²) in [5, 5.41) is 9.87. The summed E-state index contributed by atoms with van der Waals surface area (Å²) in [5.74, 6) is -0.407. The summed E-state index contributed by atoms with van der Waals surface area (Å²) in [7, 11) is 0. The quantitative estimate of drug-likeness (QED) is 0.633. The second-order valence-electron chi connectivity index (χ2n) is 6.26. The molecular formula is C18H19N3O3. The van der Waals surface area contributed by atoms with E-state index < -0.39 is 11.4 Å². The van der Waals surface area contributed by atoms with Crippen LogP contribution < -0.4 is 16.6 Å². The van der Waals surface area contributed by atoms with Gasteiger partial charge in [0.2, 0.25) is 5.91 Å². The van der Waals surface area contributed by atoms with Crippen molar-refractivity contribution in [3.8, 4) is 5.75 Å². The van der Waals surface area contributed by atoms with Crippen molar-refractivity contribution >= 4 is 11.9 Å². The van der Waals surface area contributed by atoms with Gasteiger partial charge in [-0.2, -0.15) is 0 Å². The highest BCUT2D eigenvalue weighted by atomic mass is 16.3. The lowest BCUT2D eigenvalue weighted by Gasteiger charge is -2.31. The van der Waals surface area contributed by atoms with Gasteiger partial charge in [-0.15, -0.1) is 0 Å². The van der Waals surface area contributed by atoms with Gasteiger partial charge in [0.25, 0.3) is 0 Å². The number of hydrazine groups is 1. The van der Waals surface area contributed by atoms with Crippen LogP contribution in [0.25, 0.3) is 0 Å². The Hall–Kier alpha value is -3.02. The molecule has 2 aromatic rings. The third kappa shape index (κ3) is 2.67. The molecule has 3 rings (SSSR count). The Morgan fingerprint density at radius 3 is 2.54 bits per heavy atom. The lowest BCUT2D eigenvalue weighted by molar-refractivity contribution is -0.131. The molecule has 0 saturated carbocycles. The fourth-order valence-corrected chi connectivity index (χ4v) is 3.52. The van der Waals surface area contributed by atoms with Crippen LogP contribution in [-0.4, -0.2) is 17.0 Å². The maximum absolute atomic E-state index is 12.8. The minimum absolute atomic E-state index is 0.162. The zero-order chi connectivity index (χ0) is 17.3. The number of hydrogen-bond acceptors (Lipinski definition) is 3. The molecule has 24 heavy (non-hydrogen) atoms. The normalized spacial score (nSPS) is 21.8. The zero-order valence-corrected chi connectivity index (χ0v) is 13.2. The summed E-state index contributed by atoms with van der Waals surface area (Å²) in [6.45, 7) is 1.85. The summed E-state index contributed by atoms with van der Waals surface area (Å²) in [6, 6.07) is 14.0. The highest BCUT2D eigenvalue weighted by Crippen LogP contribution is 2.51. The number of aromatic hydroxyl groups is 1. The van der Waals surface area contributed by atoms with E-state index in [1.54, 1.807) is 12.1 Å². The summed E-state index contributed by atoms with van der Waals surface area (Å²) in [6.07, 6.45) is 0.494. The first-order chi connectivity index (χ1) is 11.4. The number of carbonyl (C=O) groups excluding carboxylic acids is 2. The molecular weight excluding hydrogens is 306 g/mol. The minimum atomic E-state index is -0.823. The van der Waals surface area contributed by atoms with E-state index in [1.165, 1.54) is 0 Å². The van der Waals surface area contributed by atoms with Gasteiger partial charge in [0.1, 0.15) is 5.75 Å². The first-order valence-corrected chi connectivity index (χ1v) is 7.64. The molecule has 2 aromatic carbocycles. The molecule has 0 aromatic heterocycles. The van der Waals surface area contributed by atoms with E-state index >= 15 is 0 Å². The van der Waals surface area contributed by atoms with Crippen molar-refractivity contribution in [2.75, 3.05) is 0 Å². The van der Waals surface area contributed by atoms with Gasteiger partial charge < -0.3 is 10.8 Å². The average molecular weight is 325 g/mol. The fourth-order valence-electron chi connectivity index (χ4n) is 3.52. The molecule has 3 amide bonds. The van der Waals surface area contributed by atoms with E-state index in [4.69, 9.17) is 5.73 Å². The number of primary amides is 1. The van der Waals surface area contributed by atoms with Crippen LogP contribution in [0.2, 0.25) is 0 Å². The van der Waals surface area contributed by atoms with E-state index in [1.807, 2.05) is 43.3 Å². The van der Waals surface area contributed by atoms with Crippen molar-refractivity contribution in [3.05, 3.63) is 65.2 Å². The molecule has 0 aliphatic heterocycles. The van der Waals surface area contributed by atoms with Gasteiger partial charge in [0.05, 0.1) is 5.41 Å². The van der Waals surface area contributed by atoms with E-state index in [0.29, 0.717) is 6.42 Å². The standard InChI is InChI=1S/C18H19N3O3/c1-18(16(23)20-21-17(19)24)10-12-7-8-13(22)9-14(12)15(18)11-5-3-2-4-6-11/h2-9,15,22H,10H2,1H3,(H,20,23)(H3,19,21,24)/t15-,18+/m1/s1. The molecule has 124 valence electrons. The number of rotatable bonds is 2. The van der Waals surface area contributed by atoms with Crippen LogP contribution >= 0.6 is 0 Å². The second-order valence-corrected chi connectivity index (χ2v) is 6.26. The molecule has 0 fully saturated rings. The number of benzene rings is 2. The first kappa shape index (κ1) is 15.9. The van der Waals surface area contributed by atoms with Crippen LogP contribution in [0.3, 0.4) is 0 Å². The van der Waals surface area contributed by atoms with Gasteiger partial charge in [-0.05, 0) is 42.2 Å². The van der Waals surface area contributed by atoms with Gasteiger partial charge in [-0.1, -0.05) is 36.4 Å². The van der Waals surface area contributed by atoms with E-state index in [9.17, 15) is 14.7 Å². The topological polar surface area (TPSA) is 104 Å². The van der Waals surface area contributed by atoms with E-state index in [-0.39, 0.29) is 17.6 Å². The molecule has 0 bridgehead atoms. The molecule has 6 heteroatoms. The van der Waals surface area contributed by atoms with Crippen molar-refractivity contribution in [2.24, 2.45) is 11.1 Å². The number of urea groups is 1. The monoisotopic (exact) mass is 325 g/mol. The molecule has 0 unspecified atom stereocenters. The average Bonchev–Trinajstić information content (AvgIpc) is 2.86. The molecule has 0 heterocycles. The number of nitrogens with two attached hydrogens (primary N) is 1. The van der Waals surface area contributed by atoms with Gasteiger partial charge in [0, 0.05) is 5.92 Å². The van der Waals surface area contributed by atoms with Crippen LogP contribution in [0, 0.1) is 5.41 Å². The zero-order valence-electron chi connectivity index (χ0n) is 13.2. The Morgan fingerprint density at radius 2 is 1.88 bits per heavy atom. The molecule has 1 aliphatic rings. The molecule has 5 N–H and O–H groups in total. The van der Waals surface area contributed by atoms with Crippen molar-refractivity contribution in [2.45, 2.75) is 19.3 Å². The SMILES string of the molecule is C[C@]1(C(=O)NNC(N)=O)Cc2ccc(O)cc2[C@H]1c1ccccc1. The van der Waals surface area contributed by atoms with Crippen LogP contribution in [0.5, 0.6) is 5.75 Å². The fraction of sp³-hybridized carbons (Fsp3) is 0.222. The Morgan fingerprint density at radius 1 is 1.17 bits per heavy atom. The molecule has 0 saturated heterocycles. The van der Waals surface area contributed by atoms with Crippen LogP contribution in [0.4, 0.5) is 4.79 Å². The third-order valence-electron chi connectivity index (χ3n) is 4.59. The van der Waals surface area contributed by atoms with E-state index in [0.717, 1.165) is 16.7 Å². The predicted octanol–water partition coefficient (Wildman–Crippen LogP) is 1.79. The lowest BCUT2D eigenvalue weighted by atomic mass is 9.73. The van der Waals surface area contributed by atoms with Gasteiger partial charge >= 0.3 is 6.03 Å². The van der Waals surface area contributed by atoms with E-state index in [2.05, 4.69) is 10.9 Å². The van der Waals surface area contributed by atoms with Crippen LogP contribution in [0.1, 0.15) is 29.5 Å². The molecule has 0 radical (unpaired) electrons. The number of hydrogen-bond donors (Lipinski definition) is 4. The van der Waals surface area contributed by atoms with Crippen molar-refractivity contribution in [1.82, 2.24) is 10.9 Å². The maximum Gasteiger partial charge on any atom is 0.330 e. The molecule has 2 atom stereocenters. The van der Waals surface area contributed by atoms with Crippen molar-refractivity contribution in [3.63, 3.8) is 0 Å². The summed E-state index contributed by atoms with van der Waals surface area (Å²) >= 11 is 0.